The van der Waals surface area contributed by atoms with E-state index in [1.165, 1.54) is 36.5 Å². The van der Waals surface area contributed by atoms with E-state index in [4.69, 9.17) is 0 Å². The van der Waals surface area contributed by atoms with Crippen LogP contribution in [0.5, 0.6) is 5.75 Å². The summed E-state index contributed by atoms with van der Waals surface area (Å²) in [5.41, 5.74) is -2.67. The topological polar surface area (TPSA) is 35.0 Å². The lowest BCUT2D eigenvalue weighted by atomic mass is 10.0. The molecule has 0 aliphatic heterocycles. The van der Waals surface area contributed by atoms with Gasteiger partial charge in [0.15, 0.2) is 5.82 Å². The van der Waals surface area contributed by atoms with Gasteiger partial charge in [-0.05, 0) is 60.0 Å². The van der Waals surface area contributed by atoms with Crippen molar-refractivity contribution in [2.45, 2.75) is 12.3 Å². The molecular weight excluding hydrogens is 642 g/mol. The van der Waals surface area contributed by atoms with Crippen LogP contribution >= 0.6 is 0 Å². The molecule has 3 nitrogen and oxygen atoms in total. The molecule has 47 heavy (non-hydrogen) atoms. The van der Waals surface area contributed by atoms with Gasteiger partial charge < -0.3 is 4.74 Å². The zero-order chi connectivity index (χ0) is 34.1. The normalized spacial score (nSPS) is 11.4. The zero-order valence-electron chi connectivity index (χ0n) is 23.2. The molecule has 13 heteroatoms. The Morgan fingerprint density at radius 1 is 0.723 bits per heavy atom. The van der Waals surface area contributed by atoms with Crippen LogP contribution in [0.2, 0.25) is 0 Å². The quantitative estimate of drug-likeness (QED) is 0.140. The van der Waals surface area contributed by atoms with Crippen LogP contribution in [-0.4, -0.2) is 16.1 Å². The van der Waals surface area contributed by atoms with Gasteiger partial charge in [-0.1, -0.05) is 30.4 Å². The van der Waals surface area contributed by atoms with Crippen molar-refractivity contribution >= 4 is 16.8 Å². The highest BCUT2D eigenvalue weighted by Gasteiger charge is 2.41. The van der Waals surface area contributed by atoms with Gasteiger partial charge >= 0.3 is 12.3 Å². The van der Waals surface area contributed by atoms with Crippen molar-refractivity contribution in [2.75, 3.05) is 0 Å². The molecule has 5 aromatic rings. The molecule has 0 aliphatic carbocycles. The van der Waals surface area contributed by atoms with Crippen LogP contribution in [0.4, 0.5) is 43.9 Å². The molecule has 1 heterocycles. The third kappa shape index (κ3) is 7.20. The number of hydrogen-bond donors (Lipinski definition) is 0. The molecule has 0 saturated heterocycles. The fraction of sp³-hybridized carbons (Fsp3) is 0.0588. The molecule has 0 bridgehead atoms. The molecule has 1 aromatic heterocycles. The van der Waals surface area contributed by atoms with Crippen molar-refractivity contribution < 1.29 is 48.6 Å². The lowest BCUT2D eigenvalue weighted by Crippen LogP contribution is -2.25. The summed E-state index contributed by atoms with van der Waals surface area (Å²) in [6.07, 6.45) is -5.23. The van der Waals surface area contributed by atoms with E-state index in [0.29, 0.717) is 35.4 Å². The Hall–Kier alpha value is -5.82. The van der Waals surface area contributed by atoms with Crippen LogP contribution in [0, 0.1) is 52.8 Å². The van der Waals surface area contributed by atoms with Gasteiger partial charge in [-0.2, -0.15) is 22.0 Å². The van der Waals surface area contributed by atoms with E-state index in [0.717, 1.165) is 24.1 Å². The molecule has 0 N–H and O–H groups in total. The minimum Gasteiger partial charge on any atom is -0.429 e. The number of alkyl halides is 5. The number of aromatic nitrogens is 2. The van der Waals surface area contributed by atoms with E-state index < -0.39 is 74.6 Å². The van der Waals surface area contributed by atoms with Gasteiger partial charge in [0.2, 0.25) is 0 Å². The number of nitrogens with zero attached hydrogens (tertiary/aromatic N) is 2. The van der Waals surface area contributed by atoms with Crippen molar-refractivity contribution in [1.29, 1.82) is 0 Å². The van der Waals surface area contributed by atoms with Gasteiger partial charge in [0.05, 0.1) is 11.1 Å². The number of hydrogen-bond acceptors (Lipinski definition) is 3. The minimum absolute atomic E-state index is 0.182. The summed E-state index contributed by atoms with van der Waals surface area (Å²) in [6.45, 7) is 3.58. The minimum atomic E-state index is -5.04. The van der Waals surface area contributed by atoms with E-state index in [9.17, 15) is 43.9 Å². The fourth-order valence-corrected chi connectivity index (χ4v) is 4.23. The second-order valence-electron chi connectivity index (χ2n) is 9.60. The zero-order valence-corrected chi connectivity index (χ0v) is 23.2. The highest BCUT2D eigenvalue weighted by molar-refractivity contribution is 5.86. The first-order valence-electron chi connectivity index (χ1n) is 13.0. The average molecular weight is 656 g/mol. The van der Waals surface area contributed by atoms with Crippen molar-refractivity contribution in [3.05, 3.63) is 130 Å². The smallest absolute Gasteiger partial charge is 0.429 e. The van der Waals surface area contributed by atoms with Crippen LogP contribution in [-0.2, 0) is 6.11 Å². The van der Waals surface area contributed by atoms with Crippen LogP contribution < -0.4 is 4.74 Å². The second kappa shape index (κ2) is 12.5. The van der Waals surface area contributed by atoms with Crippen LogP contribution in [0.1, 0.15) is 27.8 Å². The summed E-state index contributed by atoms with van der Waals surface area (Å²) >= 11 is 0. The first kappa shape index (κ1) is 32.6. The maximum absolute atomic E-state index is 15.0. The number of benzene rings is 4. The first-order valence-corrected chi connectivity index (χ1v) is 13.0. The van der Waals surface area contributed by atoms with Crippen molar-refractivity contribution in [3.8, 4) is 40.8 Å². The molecule has 0 unspecified atom stereocenters. The molecule has 0 saturated carbocycles. The Balaban J connectivity index is 1.38. The standard InChI is InChI=1S/C34H14F10N2O/c1-2-18-16-45-32(46-17-18)21-6-5-20(26(35)14-21)4-3-19-11-28(37)30(29(38)12-19)34(43,44)47-23-7-8-24-22(13-23)15-27(36)25(31(24)39)9-10-33(40,41)42/h2,5-8,11-17H,1H2. The van der Waals surface area contributed by atoms with Gasteiger partial charge in [-0.25, -0.2) is 31.9 Å². The lowest BCUT2D eigenvalue weighted by molar-refractivity contribution is -0.189. The predicted molar refractivity (Wildman–Crippen MR) is 151 cm³/mol. The van der Waals surface area contributed by atoms with E-state index in [1.54, 1.807) is 0 Å². The summed E-state index contributed by atoms with van der Waals surface area (Å²) in [5.74, 6) is -1.22. The fourth-order valence-electron chi connectivity index (χ4n) is 4.23. The molecule has 0 spiro atoms. The van der Waals surface area contributed by atoms with Crippen LogP contribution in [0.15, 0.2) is 73.6 Å². The molecule has 0 amide bonds. The van der Waals surface area contributed by atoms with E-state index >= 15 is 0 Å². The number of fused-ring (bicyclic) bond motifs is 1. The summed E-state index contributed by atoms with van der Waals surface area (Å²) in [5, 5.41) is -0.911. The SMILES string of the molecule is C=Cc1cnc(-c2ccc(C#Cc3cc(F)c(C(F)(F)Oc4ccc5c(F)c(C#CC(F)(F)F)c(F)cc5c4)c(F)c3)c(F)c2)nc1. The predicted octanol–water partition coefficient (Wildman–Crippen LogP) is 9.08. The van der Waals surface area contributed by atoms with Gasteiger partial charge in [0.25, 0.3) is 0 Å². The summed E-state index contributed by atoms with van der Waals surface area (Å²) in [6, 6.07) is 7.49. The van der Waals surface area contributed by atoms with Crippen molar-refractivity contribution in [1.82, 2.24) is 9.97 Å². The van der Waals surface area contributed by atoms with Gasteiger partial charge in [-0.15, -0.1) is 0 Å². The highest BCUT2D eigenvalue weighted by atomic mass is 19.4. The lowest BCUT2D eigenvalue weighted by Gasteiger charge is -2.20. The molecule has 0 radical (unpaired) electrons. The van der Waals surface area contributed by atoms with Crippen molar-refractivity contribution in [3.63, 3.8) is 0 Å². The van der Waals surface area contributed by atoms with E-state index in [2.05, 4.69) is 33.1 Å². The maximum atomic E-state index is 15.0. The molecule has 236 valence electrons. The Morgan fingerprint density at radius 3 is 2.02 bits per heavy atom. The van der Waals surface area contributed by atoms with Gasteiger partial charge in [0.1, 0.15) is 40.4 Å². The van der Waals surface area contributed by atoms with Crippen LogP contribution in [0.25, 0.3) is 28.2 Å². The number of rotatable bonds is 5. The number of halogens is 10. The molecule has 0 fully saturated rings. The maximum Gasteiger partial charge on any atom is 0.458 e. The van der Waals surface area contributed by atoms with Crippen molar-refractivity contribution in [2.24, 2.45) is 0 Å². The van der Waals surface area contributed by atoms with Gasteiger partial charge in [0, 0.05) is 40.4 Å². The van der Waals surface area contributed by atoms with E-state index in [1.807, 2.05) is 0 Å². The van der Waals surface area contributed by atoms with Gasteiger partial charge in [-0.3, -0.25) is 0 Å². The third-order valence-corrected chi connectivity index (χ3v) is 6.38. The highest BCUT2D eigenvalue weighted by Crippen LogP contribution is 2.37. The first-order chi connectivity index (χ1) is 22.1. The Morgan fingerprint density at radius 2 is 1.40 bits per heavy atom. The Kier molecular flexibility index (Phi) is 8.68. The molecular formula is C34H14F10N2O. The average Bonchev–Trinajstić information content (AvgIpc) is 2.99. The summed E-state index contributed by atoms with van der Waals surface area (Å²) in [7, 11) is 0. The Labute approximate surface area is 259 Å². The molecule has 0 atom stereocenters. The molecule has 4 aromatic carbocycles. The third-order valence-electron chi connectivity index (χ3n) is 6.38. The largest absolute Gasteiger partial charge is 0.458 e. The number of ether oxygens (including phenoxy) is 1. The van der Waals surface area contributed by atoms with E-state index in [-0.39, 0.29) is 11.4 Å². The Bertz CT molecular complexity index is 2150. The monoisotopic (exact) mass is 656 g/mol. The summed E-state index contributed by atoms with van der Waals surface area (Å²) in [4.78, 5) is 8.18. The second-order valence-corrected chi connectivity index (χ2v) is 9.60. The van der Waals surface area contributed by atoms with Crippen LogP contribution in [0.3, 0.4) is 0 Å². The molecule has 5 rings (SSSR count). The summed E-state index contributed by atoms with van der Waals surface area (Å²) < 4.78 is 145. The molecule has 0 aliphatic rings.